The third-order valence-electron chi connectivity index (χ3n) is 3.63. The van der Waals surface area contributed by atoms with Crippen molar-refractivity contribution in [1.82, 2.24) is 4.90 Å². The van der Waals surface area contributed by atoms with Gasteiger partial charge in [-0.1, -0.05) is 29.0 Å². The first-order valence-electron chi connectivity index (χ1n) is 7.34. The predicted molar refractivity (Wildman–Crippen MR) is 90.1 cm³/mol. The van der Waals surface area contributed by atoms with Crippen molar-refractivity contribution in [2.75, 3.05) is 30.7 Å². The molecule has 1 aliphatic rings. The third kappa shape index (κ3) is 5.05. The molecule has 0 aromatic heterocycles. The molecule has 4 heteroatoms. The zero-order chi connectivity index (χ0) is 14.2. The number of carbonyl (C=O) groups is 1. The third-order valence-corrected chi connectivity index (χ3v) is 4.33. The molecule has 0 bridgehead atoms. The Bertz CT molecular complexity index is 413. The Labute approximate surface area is 134 Å². The normalized spacial score (nSPS) is 16.1. The summed E-state index contributed by atoms with van der Waals surface area (Å²) in [7, 11) is 0. The molecule has 1 heterocycles. The van der Waals surface area contributed by atoms with Gasteiger partial charge in [0.2, 0.25) is 0 Å². The van der Waals surface area contributed by atoms with E-state index in [0.717, 1.165) is 30.9 Å². The summed E-state index contributed by atoms with van der Waals surface area (Å²) in [4.78, 5) is 14.0. The van der Waals surface area contributed by atoms with Crippen LogP contribution in [-0.4, -0.2) is 41.4 Å². The fourth-order valence-corrected chi connectivity index (χ4v) is 2.92. The summed E-state index contributed by atoms with van der Waals surface area (Å²) in [5.41, 5.74) is 0.764. The first-order valence-corrected chi connectivity index (χ1v) is 8.86. The fraction of sp³-hybridized carbons (Fsp3) is 0.562. The van der Waals surface area contributed by atoms with Crippen molar-refractivity contribution in [1.29, 1.82) is 0 Å². The van der Waals surface area contributed by atoms with Gasteiger partial charge in [-0.05, 0) is 56.6 Å². The fourth-order valence-electron chi connectivity index (χ4n) is 2.48. The highest BCUT2D eigenvalue weighted by molar-refractivity contribution is 14.1. The van der Waals surface area contributed by atoms with Gasteiger partial charge >= 0.3 is 0 Å². The van der Waals surface area contributed by atoms with Crippen LogP contribution in [0.4, 0.5) is 0 Å². The van der Waals surface area contributed by atoms with Crippen LogP contribution < -0.4 is 4.74 Å². The van der Waals surface area contributed by atoms with Gasteiger partial charge in [0, 0.05) is 12.1 Å². The molecule has 0 amide bonds. The zero-order valence-electron chi connectivity index (χ0n) is 11.8. The average Bonchev–Trinajstić information content (AvgIpc) is 2.52. The van der Waals surface area contributed by atoms with E-state index in [1.165, 1.54) is 32.4 Å². The predicted octanol–water partition coefficient (Wildman–Crippen LogP) is 3.56. The number of hydrogen-bond acceptors (Lipinski definition) is 3. The number of benzene rings is 1. The Morgan fingerprint density at radius 3 is 2.50 bits per heavy atom. The van der Waals surface area contributed by atoms with Gasteiger partial charge in [0.1, 0.15) is 5.75 Å². The Kier molecular flexibility index (Phi) is 6.79. The van der Waals surface area contributed by atoms with Crippen molar-refractivity contribution in [3.63, 3.8) is 0 Å². The van der Waals surface area contributed by atoms with E-state index < -0.39 is 0 Å². The summed E-state index contributed by atoms with van der Waals surface area (Å²) in [6.45, 7) is 4.36. The lowest BCUT2D eigenvalue weighted by atomic mass is 10.1. The van der Waals surface area contributed by atoms with Gasteiger partial charge in [0.25, 0.3) is 0 Å². The van der Waals surface area contributed by atoms with Crippen molar-refractivity contribution in [2.24, 2.45) is 0 Å². The van der Waals surface area contributed by atoms with Gasteiger partial charge in [-0.3, -0.25) is 4.79 Å². The van der Waals surface area contributed by atoms with Crippen LogP contribution in [0.2, 0.25) is 0 Å². The smallest absolute Gasteiger partial charge is 0.172 e. The molecule has 0 N–H and O–H groups in total. The number of ketones is 1. The molecule has 1 aromatic carbocycles. The highest BCUT2D eigenvalue weighted by atomic mass is 127. The molecule has 2 rings (SSSR count). The first kappa shape index (κ1) is 15.8. The summed E-state index contributed by atoms with van der Waals surface area (Å²) in [6.07, 6.45) is 5.13. The van der Waals surface area contributed by atoms with Crippen LogP contribution in [0.25, 0.3) is 0 Å². The molecule has 0 saturated carbocycles. The summed E-state index contributed by atoms with van der Waals surface area (Å²) in [6, 6.07) is 7.47. The molecule has 0 unspecified atom stereocenters. The van der Waals surface area contributed by atoms with Gasteiger partial charge in [-0.15, -0.1) is 0 Å². The van der Waals surface area contributed by atoms with E-state index in [-0.39, 0.29) is 5.78 Å². The van der Waals surface area contributed by atoms with Crippen LogP contribution in [-0.2, 0) is 0 Å². The number of carbonyl (C=O) groups excluding carboxylic acids is 1. The lowest BCUT2D eigenvalue weighted by Crippen LogP contribution is -2.31. The highest BCUT2D eigenvalue weighted by Crippen LogP contribution is 2.14. The number of nitrogens with zero attached hydrogens (tertiary/aromatic N) is 1. The topological polar surface area (TPSA) is 29.5 Å². The Morgan fingerprint density at radius 1 is 1.15 bits per heavy atom. The molecule has 0 radical (unpaired) electrons. The van der Waals surface area contributed by atoms with Gasteiger partial charge in [0.05, 0.1) is 11.0 Å². The second-order valence-electron chi connectivity index (χ2n) is 5.19. The SMILES string of the molecule is O=C(CI)c1ccc(OCCCN2CCCCC2)cc1. The number of ether oxygens (including phenoxy) is 1. The number of likely N-dealkylation sites (tertiary alicyclic amines) is 1. The van der Waals surface area contributed by atoms with Crippen LogP contribution in [0.1, 0.15) is 36.0 Å². The monoisotopic (exact) mass is 387 g/mol. The second kappa shape index (κ2) is 8.62. The minimum absolute atomic E-state index is 0.169. The summed E-state index contributed by atoms with van der Waals surface area (Å²) >= 11 is 2.09. The number of hydrogen-bond donors (Lipinski definition) is 0. The molecule has 1 aromatic rings. The molecule has 0 atom stereocenters. The van der Waals surface area contributed by atoms with Gasteiger partial charge in [-0.25, -0.2) is 0 Å². The van der Waals surface area contributed by atoms with Gasteiger partial charge in [-0.2, -0.15) is 0 Å². The molecule has 20 heavy (non-hydrogen) atoms. The van der Waals surface area contributed by atoms with E-state index in [1.807, 2.05) is 24.3 Å². The van der Waals surface area contributed by atoms with E-state index in [4.69, 9.17) is 4.74 Å². The summed E-state index contributed by atoms with van der Waals surface area (Å²) in [5.74, 6) is 1.02. The number of Topliss-reactive ketones (excluding diaryl/α,β-unsaturated/α-hetero) is 1. The van der Waals surface area contributed by atoms with Crippen LogP contribution in [0, 0.1) is 0 Å². The molecule has 1 saturated heterocycles. The molecular weight excluding hydrogens is 365 g/mol. The number of halogens is 1. The van der Waals surface area contributed by atoms with E-state index in [2.05, 4.69) is 27.5 Å². The molecule has 3 nitrogen and oxygen atoms in total. The van der Waals surface area contributed by atoms with Crippen LogP contribution in [0.3, 0.4) is 0 Å². The first-order chi connectivity index (χ1) is 9.79. The minimum atomic E-state index is 0.169. The lowest BCUT2D eigenvalue weighted by molar-refractivity contribution is 0.102. The van der Waals surface area contributed by atoms with Gasteiger partial charge < -0.3 is 9.64 Å². The maximum Gasteiger partial charge on any atom is 0.172 e. The number of alkyl halides is 1. The molecular formula is C16H22INO2. The van der Waals surface area contributed by atoms with E-state index in [1.54, 1.807) is 0 Å². The molecule has 110 valence electrons. The minimum Gasteiger partial charge on any atom is -0.494 e. The number of rotatable bonds is 7. The van der Waals surface area contributed by atoms with E-state index >= 15 is 0 Å². The van der Waals surface area contributed by atoms with Crippen molar-refractivity contribution in [3.05, 3.63) is 29.8 Å². The van der Waals surface area contributed by atoms with E-state index in [0.29, 0.717) is 4.43 Å². The summed E-state index contributed by atoms with van der Waals surface area (Å²) < 4.78 is 6.25. The summed E-state index contributed by atoms with van der Waals surface area (Å²) in [5, 5.41) is 0. The lowest BCUT2D eigenvalue weighted by Gasteiger charge is -2.26. The highest BCUT2D eigenvalue weighted by Gasteiger charge is 2.09. The zero-order valence-corrected chi connectivity index (χ0v) is 14.0. The molecule has 0 aliphatic carbocycles. The number of piperidine rings is 1. The standard InChI is InChI=1S/C16H22INO2/c17-13-16(19)14-5-7-15(8-6-14)20-12-4-11-18-9-2-1-3-10-18/h5-8H,1-4,9-13H2. The maximum atomic E-state index is 11.5. The van der Waals surface area contributed by atoms with Crippen molar-refractivity contribution >= 4 is 28.4 Å². The average molecular weight is 387 g/mol. The Hall–Kier alpha value is -0.620. The molecule has 0 spiro atoms. The quantitative estimate of drug-likeness (QED) is 0.310. The van der Waals surface area contributed by atoms with Crippen molar-refractivity contribution < 1.29 is 9.53 Å². The largest absolute Gasteiger partial charge is 0.494 e. The van der Waals surface area contributed by atoms with Crippen molar-refractivity contribution in [2.45, 2.75) is 25.7 Å². The van der Waals surface area contributed by atoms with Crippen LogP contribution >= 0.6 is 22.6 Å². The van der Waals surface area contributed by atoms with E-state index in [9.17, 15) is 4.79 Å². The van der Waals surface area contributed by atoms with Crippen LogP contribution in [0.15, 0.2) is 24.3 Å². The van der Waals surface area contributed by atoms with Crippen LogP contribution in [0.5, 0.6) is 5.75 Å². The maximum absolute atomic E-state index is 11.5. The Balaban J connectivity index is 1.67. The van der Waals surface area contributed by atoms with Crippen molar-refractivity contribution in [3.8, 4) is 5.75 Å². The molecule has 1 aliphatic heterocycles. The Morgan fingerprint density at radius 2 is 1.85 bits per heavy atom. The second-order valence-corrected chi connectivity index (χ2v) is 5.95. The van der Waals surface area contributed by atoms with Gasteiger partial charge in [0.15, 0.2) is 5.78 Å². The molecule has 1 fully saturated rings.